The van der Waals surface area contributed by atoms with Gasteiger partial charge in [0, 0.05) is 37.6 Å². The first-order valence-corrected chi connectivity index (χ1v) is 14.0. The van der Waals surface area contributed by atoms with E-state index in [0.717, 1.165) is 49.1 Å². The molecule has 0 bridgehead atoms. The molecular weight excluding hydrogens is 547 g/mol. The van der Waals surface area contributed by atoms with Crippen molar-refractivity contribution < 1.29 is 27.4 Å². The van der Waals surface area contributed by atoms with Gasteiger partial charge in [0.2, 0.25) is 0 Å². The third-order valence-corrected chi connectivity index (χ3v) is 8.06. The average Bonchev–Trinajstić information content (AvgIpc) is 2.97. The summed E-state index contributed by atoms with van der Waals surface area (Å²) in [6.07, 6.45) is 6.64. The molecule has 8 nitrogen and oxygen atoms in total. The van der Waals surface area contributed by atoms with Crippen molar-refractivity contribution in [2.24, 2.45) is 17.1 Å². The van der Waals surface area contributed by atoms with Gasteiger partial charge in [0.1, 0.15) is 41.2 Å². The van der Waals surface area contributed by atoms with Gasteiger partial charge >= 0.3 is 0 Å². The molecule has 2 aromatic heterocycles. The molecule has 0 spiro atoms. The number of benzene rings is 1. The molecular formula is C31H32F3N5O3. The zero-order chi connectivity index (χ0) is 29.9. The zero-order valence-electron chi connectivity index (χ0n) is 23.2. The number of nitrogens with one attached hydrogen (secondary N) is 1. The summed E-state index contributed by atoms with van der Waals surface area (Å²) in [6.45, 7) is 2.85. The van der Waals surface area contributed by atoms with E-state index in [9.17, 15) is 14.4 Å². The lowest BCUT2D eigenvalue weighted by Crippen LogP contribution is -2.33. The van der Waals surface area contributed by atoms with E-state index < -0.39 is 40.0 Å². The number of hydrogen-bond donors (Lipinski definition) is 2. The molecule has 1 saturated heterocycles. The summed E-state index contributed by atoms with van der Waals surface area (Å²) < 4.78 is 56.1. The maximum atomic E-state index is 15.2. The zero-order valence-corrected chi connectivity index (χ0v) is 23.2. The summed E-state index contributed by atoms with van der Waals surface area (Å²) in [5.41, 5.74) is 5.16. The first-order valence-electron chi connectivity index (χ1n) is 14.0. The molecule has 3 N–H and O–H groups in total. The predicted octanol–water partition coefficient (Wildman–Crippen LogP) is 5.74. The number of carbonyl (C=O) groups is 1. The van der Waals surface area contributed by atoms with E-state index in [4.69, 9.17) is 15.2 Å². The van der Waals surface area contributed by atoms with Crippen molar-refractivity contribution >= 4 is 11.6 Å². The fraction of sp³-hybridized carbons (Fsp3) is 0.419. The second kappa shape index (κ2) is 12.5. The van der Waals surface area contributed by atoms with E-state index >= 15 is 8.78 Å². The maximum Gasteiger partial charge on any atom is 0.274 e. The highest BCUT2D eigenvalue weighted by atomic mass is 19.1. The number of anilines is 1. The second-order valence-electron chi connectivity index (χ2n) is 11.3. The fourth-order valence-corrected chi connectivity index (χ4v) is 5.84. The van der Waals surface area contributed by atoms with Gasteiger partial charge in [-0.05, 0) is 67.7 Å². The van der Waals surface area contributed by atoms with E-state index in [1.165, 1.54) is 6.20 Å². The Morgan fingerprint density at radius 3 is 2.57 bits per heavy atom. The smallest absolute Gasteiger partial charge is 0.274 e. The quantitative estimate of drug-likeness (QED) is 0.366. The van der Waals surface area contributed by atoms with Crippen LogP contribution in [-0.4, -0.2) is 41.7 Å². The molecule has 1 aromatic carbocycles. The molecule has 1 saturated carbocycles. The Kier molecular flexibility index (Phi) is 8.75. The minimum Gasteiger partial charge on any atom is -0.492 e. The molecule has 1 aliphatic heterocycles. The van der Waals surface area contributed by atoms with Crippen LogP contribution in [0.4, 0.5) is 18.9 Å². The summed E-state index contributed by atoms with van der Waals surface area (Å²) in [6, 6.07) is 8.01. The molecule has 2 aliphatic rings. The van der Waals surface area contributed by atoms with Crippen LogP contribution in [0, 0.1) is 40.1 Å². The Morgan fingerprint density at radius 2 is 1.88 bits per heavy atom. The molecule has 3 aromatic rings. The lowest BCUT2D eigenvalue weighted by atomic mass is 9.76. The topological polar surface area (TPSA) is 123 Å². The molecule has 0 radical (unpaired) electrons. The molecule has 11 heteroatoms. The maximum absolute atomic E-state index is 15.2. The van der Waals surface area contributed by atoms with Gasteiger partial charge in [-0.1, -0.05) is 6.92 Å². The van der Waals surface area contributed by atoms with Crippen LogP contribution in [0.1, 0.15) is 61.0 Å². The first kappa shape index (κ1) is 29.5. The van der Waals surface area contributed by atoms with Gasteiger partial charge in [-0.3, -0.25) is 9.78 Å². The van der Waals surface area contributed by atoms with Crippen molar-refractivity contribution in [2.75, 3.05) is 25.1 Å². The third kappa shape index (κ3) is 6.40. The van der Waals surface area contributed by atoms with Crippen molar-refractivity contribution in [1.82, 2.24) is 9.97 Å². The predicted molar refractivity (Wildman–Crippen MR) is 149 cm³/mol. The highest BCUT2D eigenvalue weighted by Gasteiger charge is 2.34. The van der Waals surface area contributed by atoms with Crippen LogP contribution in [0.25, 0.3) is 11.3 Å². The Morgan fingerprint density at radius 1 is 1.14 bits per heavy atom. The number of aromatic nitrogens is 2. The number of pyridine rings is 2. The van der Waals surface area contributed by atoms with E-state index in [0.29, 0.717) is 37.7 Å². The monoisotopic (exact) mass is 579 g/mol. The second-order valence-corrected chi connectivity index (χ2v) is 11.3. The first-order chi connectivity index (χ1) is 20.2. The summed E-state index contributed by atoms with van der Waals surface area (Å²) in [5.74, 6) is -3.53. The Bertz CT molecular complexity index is 1470. The van der Waals surface area contributed by atoms with E-state index in [1.54, 1.807) is 6.20 Å². The Balaban J connectivity index is 1.36. The number of nitrogens with two attached hydrogens (primary N) is 1. The number of hydrogen-bond acceptors (Lipinski definition) is 7. The summed E-state index contributed by atoms with van der Waals surface area (Å²) in [7, 11) is 0. The molecule has 42 heavy (non-hydrogen) atoms. The minimum atomic E-state index is -1.12. The Labute approximate surface area is 242 Å². The van der Waals surface area contributed by atoms with Crippen molar-refractivity contribution in [3.8, 4) is 23.1 Å². The molecule has 2 fully saturated rings. The number of amides is 1. The van der Waals surface area contributed by atoms with E-state index in [2.05, 4.69) is 28.3 Å². The molecule has 3 heterocycles. The molecule has 3 atom stereocenters. The number of rotatable bonds is 7. The summed E-state index contributed by atoms with van der Waals surface area (Å²) >= 11 is 0. The van der Waals surface area contributed by atoms with Crippen LogP contribution in [0.2, 0.25) is 0 Å². The number of nitrogens with zero attached hydrogens (tertiary/aromatic N) is 3. The number of nitriles is 1. The number of halogens is 3. The van der Waals surface area contributed by atoms with Crippen molar-refractivity contribution in [1.29, 1.82) is 5.26 Å². The van der Waals surface area contributed by atoms with E-state index in [-0.39, 0.29) is 30.0 Å². The van der Waals surface area contributed by atoms with Gasteiger partial charge in [0.05, 0.1) is 28.9 Å². The van der Waals surface area contributed by atoms with Crippen LogP contribution in [0.5, 0.6) is 5.75 Å². The third-order valence-electron chi connectivity index (χ3n) is 8.06. The van der Waals surface area contributed by atoms with Gasteiger partial charge in [-0.2, -0.15) is 5.26 Å². The highest BCUT2D eigenvalue weighted by Crippen LogP contribution is 2.39. The molecule has 220 valence electrons. The summed E-state index contributed by atoms with van der Waals surface area (Å²) in [4.78, 5) is 21.3. The molecule has 1 amide bonds. The number of ether oxygens (including phenoxy) is 2. The van der Waals surface area contributed by atoms with Gasteiger partial charge in [0.15, 0.2) is 0 Å². The van der Waals surface area contributed by atoms with Gasteiger partial charge in [-0.25, -0.2) is 18.2 Å². The van der Waals surface area contributed by atoms with Crippen LogP contribution in [-0.2, 0) is 4.74 Å². The minimum absolute atomic E-state index is 0.0488. The van der Waals surface area contributed by atoms with Crippen LogP contribution in [0.15, 0.2) is 42.7 Å². The van der Waals surface area contributed by atoms with Gasteiger partial charge in [-0.15, -0.1) is 0 Å². The molecule has 1 aliphatic carbocycles. The lowest BCUT2D eigenvalue weighted by molar-refractivity contribution is 0.0190. The van der Waals surface area contributed by atoms with Crippen molar-refractivity contribution in [2.45, 2.75) is 51.0 Å². The SMILES string of the molecule is C[C@@H]1C[C@@H](N)C[C@H](c2ccncc2NC(=O)c2ccc(F)c(-c3c(F)cc(OCC4(C#N)CCOCC4)cc3F)n2)C1. The molecule has 0 unspecified atom stereocenters. The average molecular weight is 580 g/mol. The van der Waals surface area contributed by atoms with Crippen LogP contribution >= 0.6 is 0 Å². The summed E-state index contributed by atoms with van der Waals surface area (Å²) in [5, 5.41) is 12.4. The van der Waals surface area contributed by atoms with Gasteiger partial charge < -0.3 is 20.5 Å². The Hall–Kier alpha value is -4.01. The lowest BCUT2D eigenvalue weighted by Gasteiger charge is -2.32. The highest BCUT2D eigenvalue weighted by molar-refractivity contribution is 6.03. The van der Waals surface area contributed by atoms with E-state index in [1.807, 2.05) is 6.07 Å². The standard InChI is InChI=1S/C31H32F3N5O3/c1-18-10-19(12-20(36)11-18)22-4-7-37-15-27(22)39-30(40)26-3-2-23(32)29(38-26)28-24(33)13-21(14-25(28)34)42-17-31(16-35)5-8-41-9-6-31/h2-4,7,13-15,18-20H,5-6,8-12,17,36H2,1H3,(H,39,40)/t18-,19+,20+/m0/s1. The normalized spacial score (nSPS) is 21.8. The van der Waals surface area contributed by atoms with Crippen LogP contribution < -0.4 is 15.8 Å². The van der Waals surface area contributed by atoms with Crippen LogP contribution in [0.3, 0.4) is 0 Å². The molecule has 5 rings (SSSR count). The van der Waals surface area contributed by atoms with Gasteiger partial charge in [0.25, 0.3) is 5.91 Å². The largest absolute Gasteiger partial charge is 0.492 e. The fourth-order valence-electron chi connectivity index (χ4n) is 5.84. The van der Waals surface area contributed by atoms with Crippen molar-refractivity contribution in [3.63, 3.8) is 0 Å². The number of carbonyl (C=O) groups excluding carboxylic acids is 1. The van der Waals surface area contributed by atoms with Crippen molar-refractivity contribution in [3.05, 3.63) is 71.4 Å².